The molecule has 0 amide bonds. The Balaban J connectivity index is 2.69. The van der Waals surface area contributed by atoms with Crippen LogP contribution in [0.2, 0.25) is 0 Å². The van der Waals surface area contributed by atoms with Crippen molar-refractivity contribution in [2.45, 2.75) is 45.6 Å². The van der Waals surface area contributed by atoms with Crippen LogP contribution in [-0.4, -0.2) is 29.3 Å². The molecule has 5 nitrogen and oxygen atoms in total. The Morgan fingerprint density at radius 1 is 1.24 bits per heavy atom. The zero-order chi connectivity index (χ0) is 16.0. The van der Waals surface area contributed by atoms with Gasteiger partial charge in [0, 0.05) is 0 Å². The lowest BCUT2D eigenvalue weighted by Crippen LogP contribution is -2.37. The number of rotatable bonds is 7. The van der Waals surface area contributed by atoms with Crippen molar-refractivity contribution >= 4 is 11.9 Å². The Labute approximate surface area is 124 Å². The summed E-state index contributed by atoms with van der Waals surface area (Å²) in [4.78, 5) is 22.5. The van der Waals surface area contributed by atoms with Crippen molar-refractivity contribution in [1.29, 1.82) is 0 Å². The summed E-state index contributed by atoms with van der Waals surface area (Å²) < 4.78 is 10.3. The molecule has 0 aliphatic carbocycles. The first-order valence-corrected chi connectivity index (χ1v) is 6.94. The molecule has 1 aromatic carbocycles. The fourth-order valence-electron chi connectivity index (χ4n) is 1.79. The molecular weight excluding hydrogens is 272 g/mol. The molecule has 0 heterocycles. The van der Waals surface area contributed by atoms with E-state index in [0.29, 0.717) is 18.8 Å². The normalized spacial score (nSPS) is 12.6. The van der Waals surface area contributed by atoms with Gasteiger partial charge in [0.1, 0.15) is 5.75 Å². The monoisotopic (exact) mass is 294 g/mol. The molecule has 0 saturated heterocycles. The van der Waals surface area contributed by atoms with E-state index in [1.54, 1.807) is 19.1 Å². The fraction of sp³-hybridized carbons (Fsp3) is 0.500. The van der Waals surface area contributed by atoms with Crippen molar-refractivity contribution in [3.63, 3.8) is 0 Å². The van der Waals surface area contributed by atoms with Gasteiger partial charge in [-0.05, 0) is 44.4 Å². The summed E-state index contributed by atoms with van der Waals surface area (Å²) >= 11 is 0. The third kappa shape index (κ3) is 5.10. The summed E-state index contributed by atoms with van der Waals surface area (Å²) in [5.41, 5.74) is -0.304. The molecule has 21 heavy (non-hydrogen) atoms. The van der Waals surface area contributed by atoms with Gasteiger partial charge in [0.15, 0.2) is 5.60 Å². The minimum Gasteiger partial charge on any atom is -0.478 e. The van der Waals surface area contributed by atoms with Crippen LogP contribution >= 0.6 is 0 Å². The number of hydrogen-bond acceptors (Lipinski definition) is 4. The van der Waals surface area contributed by atoms with Gasteiger partial charge in [-0.1, -0.05) is 19.1 Å². The number of carboxylic acids is 1. The van der Waals surface area contributed by atoms with E-state index in [-0.39, 0.29) is 11.9 Å². The third-order valence-corrected chi connectivity index (χ3v) is 3.12. The number of carbonyl (C=O) groups excluding carboxylic acids is 1. The largest absolute Gasteiger partial charge is 0.478 e. The van der Waals surface area contributed by atoms with Crippen LogP contribution in [0.25, 0.3) is 0 Å². The van der Waals surface area contributed by atoms with Crippen molar-refractivity contribution in [3.8, 4) is 5.75 Å². The molecule has 5 heteroatoms. The molecule has 1 aromatic rings. The standard InChI is InChI=1S/C16H22O5/c1-5-20-14(17)10-11(2)12-6-8-13(9-7-12)21-16(3,4)15(18)19/h6-9,11H,5,10H2,1-4H3,(H,18,19). The summed E-state index contributed by atoms with van der Waals surface area (Å²) in [5, 5.41) is 9.02. The first-order chi connectivity index (χ1) is 9.76. The molecule has 0 bridgehead atoms. The maximum atomic E-state index is 11.4. The van der Waals surface area contributed by atoms with Crippen molar-refractivity contribution in [1.82, 2.24) is 0 Å². The molecule has 1 atom stereocenters. The quantitative estimate of drug-likeness (QED) is 0.783. The van der Waals surface area contributed by atoms with Gasteiger partial charge in [-0.25, -0.2) is 4.79 Å². The van der Waals surface area contributed by atoms with Gasteiger partial charge in [0.2, 0.25) is 0 Å². The molecule has 0 fully saturated rings. The molecule has 0 saturated carbocycles. The Hall–Kier alpha value is -2.04. The fourth-order valence-corrected chi connectivity index (χ4v) is 1.79. The van der Waals surface area contributed by atoms with Gasteiger partial charge in [-0.15, -0.1) is 0 Å². The zero-order valence-electron chi connectivity index (χ0n) is 12.9. The second-order valence-corrected chi connectivity index (χ2v) is 5.40. The van der Waals surface area contributed by atoms with Crippen molar-refractivity contribution < 1.29 is 24.2 Å². The number of carboxylic acid groups (broad SMARTS) is 1. The van der Waals surface area contributed by atoms with Gasteiger partial charge in [-0.3, -0.25) is 4.79 Å². The Bertz CT molecular complexity index is 490. The van der Waals surface area contributed by atoms with Crippen molar-refractivity contribution in [3.05, 3.63) is 29.8 Å². The van der Waals surface area contributed by atoms with E-state index in [1.165, 1.54) is 13.8 Å². The van der Waals surface area contributed by atoms with Gasteiger partial charge in [0.05, 0.1) is 13.0 Å². The van der Waals surface area contributed by atoms with E-state index in [2.05, 4.69) is 0 Å². The van der Waals surface area contributed by atoms with Gasteiger partial charge >= 0.3 is 11.9 Å². The molecule has 116 valence electrons. The van der Waals surface area contributed by atoms with Crippen molar-refractivity contribution in [2.24, 2.45) is 0 Å². The molecule has 0 aromatic heterocycles. The topological polar surface area (TPSA) is 72.8 Å². The number of esters is 1. The highest BCUT2D eigenvalue weighted by Crippen LogP contribution is 2.24. The average Bonchev–Trinajstić information content (AvgIpc) is 2.39. The number of aliphatic carboxylic acids is 1. The average molecular weight is 294 g/mol. The molecule has 0 aliphatic rings. The van der Waals surface area contributed by atoms with E-state index in [4.69, 9.17) is 14.6 Å². The number of ether oxygens (including phenoxy) is 2. The number of benzene rings is 1. The lowest BCUT2D eigenvalue weighted by Gasteiger charge is -2.21. The Kier molecular flexibility index (Phi) is 5.76. The van der Waals surface area contributed by atoms with Gasteiger partial charge in [0.25, 0.3) is 0 Å². The lowest BCUT2D eigenvalue weighted by atomic mass is 9.98. The molecule has 1 unspecified atom stereocenters. The summed E-state index contributed by atoms with van der Waals surface area (Å²) in [6.45, 7) is 7.08. The Morgan fingerprint density at radius 3 is 2.29 bits per heavy atom. The number of hydrogen-bond donors (Lipinski definition) is 1. The summed E-state index contributed by atoms with van der Waals surface area (Å²) in [6.07, 6.45) is 0.314. The van der Waals surface area contributed by atoms with Crippen LogP contribution < -0.4 is 4.74 Å². The maximum absolute atomic E-state index is 11.4. The molecule has 0 radical (unpaired) electrons. The highest BCUT2D eigenvalue weighted by Gasteiger charge is 2.29. The minimum atomic E-state index is -1.28. The first kappa shape index (κ1) is 17.0. The predicted octanol–water partition coefficient (Wildman–Crippen LogP) is 2.99. The first-order valence-electron chi connectivity index (χ1n) is 6.94. The van der Waals surface area contributed by atoms with Gasteiger partial charge in [-0.2, -0.15) is 0 Å². The van der Waals surface area contributed by atoms with Crippen LogP contribution in [0.4, 0.5) is 0 Å². The van der Waals surface area contributed by atoms with E-state index in [1.807, 2.05) is 19.1 Å². The van der Waals surface area contributed by atoms with Crippen LogP contribution in [0.3, 0.4) is 0 Å². The summed E-state index contributed by atoms with van der Waals surface area (Å²) in [6, 6.07) is 7.08. The van der Waals surface area contributed by atoms with Crippen LogP contribution in [-0.2, 0) is 14.3 Å². The molecule has 0 spiro atoms. The summed E-state index contributed by atoms with van der Waals surface area (Å²) in [5.74, 6) is -0.736. The van der Waals surface area contributed by atoms with E-state index >= 15 is 0 Å². The van der Waals surface area contributed by atoms with Gasteiger partial charge < -0.3 is 14.6 Å². The van der Waals surface area contributed by atoms with Crippen LogP contribution in [0.1, 0.15) is 45.6 Å². The molecule has 0 aliphatic heterocycles. The minimum absolute atomic E-state index is 0.0329. The zero-order valence-corrected chi connectivity index (χ0v) is 12.9. The third-order valence-electron chi connectivity index (χ3n) is 3.12. The molecule has 1 N–H and O–H groups in total. The summed E-state index contributed by atoms with van der Waals surface area (Å²) in [7, 11) is 0. The molecule has 1 rings (SSSR count). The smallest absolute Gasteiger partial charge is 0.347 e. The number of carbonyl (C=O) groups is 2. The Morgan fingerprint density at radius 2 is 1.81 bits per heavy atom. The van der Waals surface area contributed by atoms with Crippen LogP contribution in [0, 0.1) is 0 Å². The second kappa shape index (κ2) is 7.11. The highest BCUT2D eigenvalue weighted by molar-refractivity contribution is 5.76. The lowest BCUT2D eigenvalue weighted by molar-refractivity contribution is -0.152. The second-order valence-electron chi connectivity index (χ2n) is 5.40. The van der Waals surface area contributed by atoms with E-state index < -0.39 is 11.6 Å². The predicted molar refractivity (Wildman–Crippen MR) is 78.4 cm³/mol. The maximum Gasteiger partial charge on any atom is 0.347 e. The SMILES string of the molecule is CCOC(=O)CC(C)c1ccc(OC(C)(C)C(=O)O)cc1. The van der Waals surface area contributed by atoms with Crippen LogP contribution in [0.15, 0.2) is 24.3 Å². The van der Waals surface area contributed by atoms with E-state index in [0.717, 1.165) is 5.56 Å². The van der Waals surface area contributed by atoms with E-state index in [9.17, 15) is 9.59 Å². The molecular formula is C16H22O5. The van der Waals surface area contributed by atoms with Crippen LogP contribution in [0.5, 0.6) is 5.75 Å². The highest BCUT2D eigenvalue weighted by atomic mass is 16.5. The van der Waals surface area contributed by atoms with Crippen molar-refractivity contribution in [2.75, 3.05) is 6.61 Å².